The molecular formula is C25H30O2. The maximum Gasteiger partial charge on any atom is 0.127 e. The number of aryl methyl sites for hydroxylation is 2. The smallest absolute Gasteiger partial charge is 0.127 e. The maximum atomic E-state index is 11.3. The summed E-state index contributed by atoms with van der Waals surface area (Å²) in [5.41, 5.74) is 7.99. The highest BCUT2D eigenvalue weighted by molar-refractivity contribution is 5.82. The molecule has 2 N–H and O–H groups in total. The molecule has 27 heavy (non-hydrogen) atoms. The molecule has 2 aromatic rings. The molecule has 0 bridgehead atoms. The Morgan fingerprint density at radius 2 is 1.30 bits per heavy atom. The van der Waals surface area contributed by atoms with Crippen molar-refractivity contribution in [3.63, 3.8) is 0 Å². The number of benzene rings is 2. The Hall–Kier alpha value is -1.96. The van der Waals surface area contributed by atoms with Crippen LogP contribution in [0.5, 0.6) is 11.5 Å². The van der Waals surface area contributed by atoms with Crippen molar-refractivity contribution in [3.8, 4) is 22.6 Å². The number of fused-ring (bicyclic) bond motifs is 2. The van der Waals surface area contributed by atoms with Gasteiger partial charge in [-0.2, -0.15) is 0 Å². The van der Waals surface area contributed by atoms with Gasteiger partial charge in [0.15, 0.2) is 0 Å². The first-order valence-corrected chi connectivity index (χ1v) is 11.0. The molecule has 5 rings (SSSR count). The lowest BCUT2D eigenvalue weighted by atomic mass is 9.79. The van der Waals surface area contributed by atoms with Crippen LogP contribution in [0.25, 0.3) is 11.1 Å². The van der Waals surface area contributed by atoms with Gasteiger partial charge in [-0.05, 0) is 97.9 Å². The van der Waals surface area contributed by atoms with Crippen LogP contribution in [0.4, 0.5) is 0 Å². The van der Waals surface area contributed by atoms with E-state index in [-0.39, 0.29) is 0 Å². The zero-order chi connectivity index (χ0) is 18.4. The summed E-state index contributed by atoms with van der Waals surface area (Å²) in [6, 6.07) is 6.65. The van der Waals surface area contributed by atoms with Gasteiger partial charge in [-0.1, -0.05) is 31.0 Å². The van der Waals surface area contributed by atoms with Crippen LogP contribution in [0.3, 0.4) is 0 Å². The second-order valence-electron chi connectivity index (χ2n) is 8.82. The first-order chi connectivity index (χ1) is 13.2. The zero-order valence-corrected chi connectivity index (χ0v) is 16.2. The predicted molar refractivity (Wildman–Crippen MR) is 110 cm³/mol. The summed E-state index contributed by atoms with van der Waals surface area (Å²) in [6.45, 7) is 0. The van der Waals surface area contributed by atoms with Gasteiger partial charge in [0, 0.05) is 11.1 Å². The van der Waals surface area contributed by atoms with Crippen LogP contribution >= 0.6 is 0 Å². The SMILES string of the molecule is Oc1c(-c2c(C3CCCC3)cc3c(c2O)CCCC3)ccc2c1CCCC2. The van der Waals surface area contributed by atoms with Gasteiger partial charge in [-0.25, -0.2) is 0 Å². The van der Waals surface area contributed by atoms with E-state index in [1.807, 2.05) is 0 Å². The lowest BCUT2D eigenvalue weighted by Crippen LogP contribution is -2.08. The van der Waals surface area contributed by atoms with Gasteiger partial charge in [-0.3, -0.25) is 0 Å². The number of aromatic hydroxyl groups is 2. The minimum atomic E-state index is 0.428. The Bertz CT molecular complexity index is 875. The summed E-state index contributed by atoms with van der Waals surface area (Å²) in [5.74, 6) is 1.41. The van der Waals surface area contributed by atoms with Gasteiger partial charge in [0.25, 0.3) is 0 Å². The van der Waals surface area contributed by atoms with E-state index in [1.165, 1.54) is 55.2 Å². The zero-order valence-electron chi connectivity index (χ0n) is 16.2. The Morgan fingerprint density at radius 3 is 2.04 bits per heavy atom. The Balaban J connectivity index is 1.73. The molecule has 2 aromatic carbocycles. The number of phenolic OH excluding ortho intramolecular Hbond substituents is 2. The van der Waals surface area contributed by atoms with E-state index in [2.05, 4.69) is 18.2 Å². The van der Waals surface area contributed by atoms with Crippen LogP contribution in [0.1, 0.15) is 85.1 Å². The summed E-state index contributed by atoms with van der Waals surface area (Å²) in [5, 5.41) is 22.5. The Kier molecular flexibility index (Phi) is 4.38. The standard InChI is InChI=1S/C25H30O2/c26-24-19-11-5-3-9-17(19)13-14-21(24)23-22(16-7-1-2-8-16)15-18-10-4-6-12-20(18)25(23)27/h13-16,26-27H,1-12H2. The normalized spacial score (nSPS) is 19.7. The maximum absolute atomic E-state index is 11.3. The molecule has 0 saturated heterocycles. The van der Waals surface area contributed by atoms with Crippen molar-refractivity contribution >= 4 is 0 Å². The molecule has 0 unspecified atom stereocenters. The Labute approximate surface area is 162 Å². The topological polar surface area (TPSA) is 40.5 Å². The molecule has 0 spiro atoms. The quantitative estimate of drug-likeness (QED) is 0.669. The van der Waals surface area contributed by atoms with Crippen molar-refractivity contribution in [1.29, 1.82) is 0 Å². The van der Waals surface area contributed by atoms with Crippen molar-refractivity contribution < 1.29 is 10.2 Å². The van der Waals surface area contributed by atoms with Gasteiger partial charge in [0.05, 0.1) is 0 Å². The molecule has 0 heterocycles. The lowest BCUT2D eigenvalue weighted by Gasteiger charge is -2.26. The molecule has 142 valence electrons. The van der Waals surface area contributed by atoms with Gasteiger partial charge >= 0.3 is 0 Å². The highest BCUT2D eigenvalue weighted by atomic mass is 16.3. The second kappa shape index (κ2) is 6.89. The fourth-order valence-electron chi connectivity index (χ4n) is 5.76. The van der Waals surface area contributed by atoms with Crippen molar-refractivity contribution in [2.24, 2.45) is 0 Å². The largest absolute Gasteiger partial charge is 0.507 e. The fourth-order valence-corrected chi connectivity index (χ4v) is 5.76. The van der Waals surface area contributed by atoms with Crippen LogP contribution in [0, 0.1) is 0 Å². The van der Waals surface area contributed by atoms with E-state index in [9.17, 15) is 10.2 Å². The second-order valence-corrected chi connectivity index (χ2v) is 8.82. The van der Waals surface area contributed by atoms with Crippen LogP contribution in [-0.4, -0.2) is 10.2 Å². The molecule has 0 radical (unpaired) electrons. The molecule has 0 aromatic heterocycles. The van der Waals surface area contributed by atoms with Crippen molar-refractivity contribution in [1.82, 2.24) is 0 Å². The van der Waals surface area contributed by atoms with Crippen molar-refractivity contribution in [2.75, 3.05) is 0 Å². The number of hydrogen-bond acceptors (Lipinski definition) is 2. The summed E-state index contributed by atoms with van der Waals surface area (Å²) >= 11 is 0. The highest BCUT2D eigenvalue weighted by Crippen LogP contribution is 2.50. The number of hydrogen-bond donors (Lipinski definition) is 2. The first kappa shape index (κ1) is 17.2. The molecule has 2 nitrogen and oxygen atoms in total. The molecule has 3 aliphatic rings. The fraction of sp³-hybridized carbons (Fsp3) is 0.520. The van der Waals surface area contributed by atoms with E-state index in [0.717, 1.165) is 60.8 Å². The third kappa shape index (κ3) is 2.85. The average molecular weight is 363 g/mol. The predicted octanol–water partition coefficient (Wildman–Crippen LogP) is 6.18. The monoisotopic (exact) mass is 362 g/mol. The molecule has 0 amide bonds. The highest BCUT2D eigenvalue weighted by Gasteiger charge is 2.29. The molecule has 1 fully saturated rings. The first-order valence-electron chi connectivity index (χ1n) is 11.0. The van der Waals surface area contributed by atoms with E-state index in [1.54, 1.807) is 0 Å². The van der Waals surface area contributed by atoms with E-state index in [4.69, 9.17) is 0 Å². The van der Waals surface area contributed by atoms with Crippen molar-refractivity contribution in [3.05, 3.63) is 46.0 Å². The molecule has 1 saturated carbocycles. The van der Waals surface area contributed by atoms with E-state index >= 15 is 0 Å². The average Bonchev–Trinajstić information content (AvgIpc) is 3.24. The summed E-state index contributed by atoms with van der Waals surface area (Å²) in [7, 11) is 0. The van der Waals surface area contributed by atoms with Crippen molar-refractivity contribution in [2.45, 2.75) is 83.0 Å². The third-order valence-corrected chi connectivity index (χ3v) is 7.22. The minimum Gasteiger partial charge on any atom is -0.507 e. The van der Waals surface area contributed by atoms with E-state index < -0.39 is 0 Å². The Morgan fingerprint density at radius 1 is 0.667 bits per heavy atom. The number of phenols is 2. The van der Waals surface area contributed by atoms with Gasteiger partial charge < -0.3 is 10.2 Å². The molecule has 0 atom stereocenters. The van der Waals surface area contributed by atoms with Gasteiger partial charge in [0.1, 0.15) is 11.5 Å². The number of rotatable bonds is 2. The van der Waals surface area contributed by atoms with Crippen LogP contribution in [-0.2, 0) is 25.7 Å². The molecule has 3 aliphatic carbocycles. The van der Waals surface area contributed by atoms with Gasteiger partial charge in [-0.15, -0.1) is 0 Å². The lowest BCUT2D eigenvalue weighted by molar-refractivity contribution is 0.454. The summed E-state index contributed by atoms with van der Waals surface area (Å²) in [4.78, 5) is 0. The summed E-state index contributed by atoms with van der Waals surface area (Å²) in [6.07, 6.45) is 13.8. The van der Waals surface area contributed by atoms with Crippen LogP contribution in [0.2, 0.25) is 0 Å². The minimum absolute atomic E-state index is 0.428. The third-order valence-electron chi connectivity index (χ3n) is 7.22. The van der Waals surface area contributed by atoms with Crippen LogP contribution in [0.15, 0.2) is 18.2 Å². The van der Waals surface area contributed by atoms with Gasteiger partial charge in [0.2, 0.25) is 0 Å². The van der Waals surface area contributed by atoms with E-state index in [0.29, 0.717) is 17.4 Å². The molecule has 2 heteroatoms. The summed E-state index contributed by atoms with van der Waals surface area (Å²) < 4.78 is 0. The molecular weight excluding hydrogens is 332 g/mol. The molecule has 0 aliphatic heterocycles. The van der Waals surface area contributed by atoms with Crippen LogP contribution < -0.4 is 0 Å².